The minimum absolute atomic E-state index is 0.197. The van der Waals surface area contributed by atoms with E-state index in [-0.39, 0.29) is 11.9 Å². The molecule has 1 saturated carbocycles. The van der Waals surface area contributed by atoms with Crippen LogP contribution in [0.15, 0.2) is 42.6 Å². The molecule has 2 aromatic rings. The molecule has 1 saturated heterocycles. The quantitative estimate of drug-likeness (QED) is 0.814. The van der Waals surface area contributed by atoms with Crippen LogP contribution < -0.4 is 9.47 Å². The number of aliphatic hydroxyl groups excluding tert-OH is 1. The maximum absolute atomic E-state index is 10.5. The number of methoxy groups -OCH3 is 1. The summed E-state index contributed by atoms with van der Waals surface area (Å²) in [6.45, 7) is 2.60. The first-order chi connectivity index (χ1) is 13.1. The topological polar surface area (TPSA) is 75.1 Å². The lowest BCUT2D eigenvalue weighted by molar-refractivity contribution is 0.115. The first kappa shape index (κ1) is 18.1. The van der Waals surface area contributed by atoms with E-state index in [1.807, 2.05) is 12.1 Å². The van der Waals surface area contributed by atoms with Crippen molar-refractivity contribution in [1.29, 1.82) is 0 Å². The van der Waals surface area contributed by atoms with Crippen molar-refractivity contribution in [3.05, 3.63) is 48.2 Å². The molecular formula is C21H26N2O4. The van der Waals surface area contributed by atoms with Crippen LogP contribution in [0.4, 0.5) is 0 Å². The number of ether oxygens (including phenoxy) is 2. The Hall–Kier alpha value is -2.31. The van der Waals surface area contributed by atoms with Crippen LogP contribution in [0.3, 0.4) is 0 Å². The number of aliphatic hydroxyl groups is 1. The van der Waals surface area contributed by atoms with Crippen molar-refractivity contribution in [2.45, 2.75) is 25.0 Å². The predicted octanol–water partition coefficient (Wildman–Crippen LogP) is 2.62. The fraction of sp³-hybridized carbons (Fsp3) is 0.476. The Morgan fingerprint density at radius 3 is 2.52 bits per heavy atom. The number of phenols is 1. The molecular weight excluding hydrogens is 344 g/mol. The van der Waals surface area contributed by atoms with Crippen LogP contribution in [-0.2, 0) is 0 Å². The summed E-state index contributed by atoms with van der Waals surface area (Å²) >= 11 is 0. The summed E-state index contributed by atoms with van der Waals surface area (Å²) in [6, 6.07) is 10.6. The predicted molar refractivity (Wildman–Crippen MR) is 101 cm³/mol. The molecule has 4 atom stereocenters. The Morgan fingerprint density at radius 1 is 1.15 bits per heavy atom. The van der Waals surface area contributed by atoms with E-state index in [9.17, 15) is 10.2 Å². The monoisotopic (exact) mass is 370 g/mol. The van der Waals surface area contributed by atoms with Gasteiger partial charge in [0, 0.05) is 25.8 Å². The molecule has 2 aliphatic rings. The highest BCUT2D eigenvalue weighted by molar-refractivity contribution is 5.32. The summed E-state index contributed by atoms with van der Waals surface area (Å²) in [5.41, 5.74) is 0.842. The summed E-state index contributed by atoms with van der Waals surface area (Å²) < 4.78 is 11.4. The number of rotatable bonds is 6. The van der Waals surface area contributed by atoms with Gasteiger partial charge in [-0.05, 0) is 54.5 Å². The SMILES string of the molecule is COc1ncccc1OC1C[C@@H]2CN(CC(O)c3ccc(O)cc3)C[C@@H]2C1. The average molecular weight is 370 g/mol. The van der Waals surface area contributed by atoms with E-state index in [2.05, 4.69) is 9.88 Å². The lowest BCUT2D eigenvalue weighted by atomic mass is 10.0. The first-order valence-electron chi connectivity index (χ1n) is 9.47. The molecule has 4 rings (SSSR count). The summed E-state index contributed by atoms with van der Waals surface area (Å²) in [5, 5.41) is 19.9. The number of β-amino-alcohol motifs (C(OH)–C–C–N with tert-alkyl or cyclic N) is 1. The van der Waals surface area contributed by atoms with E-state index in [4.69, 9.17) is 9.47 Å². The smallest absolute Gasteiger partial charge is 0.256 e. The van der Waals surface area contributed by atoms with Gasteiger partial charge in [-0.2, -0.15) is 0 Å². The van der Waals surface area contributed by atoms with Crippen LogP contribution in [0.5, 0.6) is 17.4 Å². The normalized spacial score (nSPS) is 25.9. The fourth-order valence-electron chi connectivity index (χ4n) is 4.43. The van der Waals surface area contributed by atoms with Crippen molar-refractivity contribution >= 4 is 0 Å². The first-order valence-corrected chi connectivity index (χ1v) is 9.47. The minimum atomic E-state index is -0.531. The number of hydrogen-bond acceptors (Lipinski definition) is 6. The zero-order valence-electron chi connectivity index (χ0n) is 15.5. The molecule has 1 aromatic heterocycles. The van der Waals surface area contributed by atoms with Gasteiger partial charge in [0.2, 0.25) is 0 Å². The van der Waals surface area contributed by atoms with E-state index < -0.39 is 6.10 Å². The average Bonchev–Trinajstić information content (AvgIpc) is 3.20. The van der Waals surface area contributed by atoms with E-state index in [1.165, 1.54) is 0 Å². The Kier molecular flexibility index (Phi) is 5.18. The van der Waals surface area contributed by atoms with Crippen molar-refractivity contribution in [2.75, 3.05) is 26.7 Å². The Morgan fingerprint density at radius 2 is 1.85 bits per heavy atom. The number of hydrogen-bond donors (Lipinski definition) is 2. The van der Waals surface area contributed by atoms with Gasteiger partial charge < -0.3 is 19.7 Å². The van der Waals surface area contributed by atoms with Gasteiger partial charge in [0.25, 0.3) is 5.88 Å². The number of aromatic hydroxyl groups is 1. The van der Waals surface area contributed by atoms with Crippen LogP contribution in [0.2, 0.25) is 0 Å². The number of nitrogens with zero attached hydrogens (tertiary/aromatic N) is 2. The zero-order chi connectivity index (χ0) is 18.8. The standard InChI is InChI=1S/C21H26N2O4/c1-26-21-20(3-2-8-22-21)27-18-9-15-11-23(12-16(15)10-18)13-19(25)14-4-6-17(24)7-5-14/h2-8,15-16,18-19,24-25H,9-13H2,1H3/t15-,16+,18?,19?. The fourth-order valence-corrected chi connectivity index (χ4v) is 4.43. The number of benzene rings is 1. The van der Waals surface area contributed by atoms with Gasteiger partial charge in [0.15, 0.2) is 5.75 Å². The highest BCUT2D eigenvalue weighted by Crippen LogP contribution is 2.41. The van der Waals surface area contributed by atoms with Crippen molar-refractivity contribution in [1.82, 2.24) is 9.88 Å². The second kappa shape index (κ2) is 7.74. The second-order valence-electron chi connectivity index (χ2n) is 7.57. The minimum Gasteiger partial charge on any atom is -0.508 e. The van der Waals surface area contributed by atoms with Gasteiger partial charge in [0.1, 0.15) is 5.75 Å². The third kappa shape index (κ3) is 4.01. The van der Waals surface area contributed by atoms with Gasteiger partial charge in [-0.1, -0.05) is 12.1 Å². The molecule has 1 aromatic carbocycles. The summed E-state index contributed by atoms with van der Waals surface area (Å²) in [7, 11) is 1.61. The van der Waals surface area contributed by atoms with E-state index in [0.717, 1.165) is 31.5 Å². The van der Waals surface area contributed by atoms with Gasteiger partial charge in [-0.3, -0.25) is 4.90 Å². The van der Waals surface area contributed by atoms with Gasteiger partial charge in [-0.25, -0.2) is 4.98 Å². The van der Waals surface area contributed by atoms with E-state index >= 15 is 0 Å². The third-order valence-electron chi connectivity index (χ3n) is 5.72. The number of pyridine rings is 1. The molecule has 6 nitrogen and oxygen atoms in total. The summed E-state index contributed by atoms with van der Waals surface area (Å²) in [4.78, 5) is 6.53. The third-order valence-corrected chi connectivity index (χ3v) is 5.72. The van der Waals surface area contributed by atoms with Crippen molar-refractivity contribution in [2.24, 2.45) is 11.8 Å². The molecule has 2 N–H and O–H groups in total. The van der Waals surface area contributed by atoms with Crippen LogP contribution in [0.1, 0.15) is 24.5 Å². The maximum atomic E-state index is 10.5. The molecule has 0 radical (unpaired) electrons. The molecule has 144 valence electrons. The van der Waals surface area contributed by atoms with Crippen LogP contribution in [0, 0.1) is 11.8 Å². The summed E-state index contributed by atoms with van der Waals surface area (Å²) in [5.74, 6) is 2.67. The highest BCUT2D eigenvalue weighted by atomic mass is 16.5. The molecule has 0 spiro atoms. The maximum Gasteiger partial charge on any atom is 0.256 e. The van der Waals surface area contributed by atoms with Gasteiger partial charge in [-0.15, -0.1) is 0 Å². The molecule has 1 aliphatic carbocycles. The molecule has 2 unspecified atom stereocenters. The highest BCUT2D eigenvalue weighted by Gasteiger charge is 2.42. The molecule has 27 heavy (non-hydrogen) atoms. The van der Waals surface area contributed by atoms with E-state index in [1.54, 1.807) is 37.6 Å². The number of aromatic nitrogens is 1. The van der Waals surface area contributed by atoms with Gasteiger partial charge >= 0.3 is 0 Å². The van der Waals surface area contributed by atoms with Crippen molar-refractivity contribution in [3.63, 3.8) is 0 Å². The Labute approximate surface area is 159 Å². The second-order valence-corrected chi connectivity index (χ2v) is 7.57. The van der Waals surface area contributed by atoms with Crippen LogP contribution in [-0.4, -0.2) is 52.9 Å². The molecule has 2 fully saturated rings. The zero-order valence-corrected chi connectivity index (χ0v) is 15.5. The molecule has 0 amide bonds. The summed E-state index contributed by atoms with van der Waals surface area (Å²) in [6.07, 6.45) is 3.41. The van der Waals surface area contributed by atoms with E-state index in [0.29, 0.717) is 30.0 Å². The molecule has 2 heterocycles. The Balaban J connectivity index is 1.30. The number of fused-ring (bicyclic) bond motifs is 1. The largest absolute Gasteiger partial charge is 0.508 e. The van der Waals surface area contributed by atoms with Crippen molar-refractivity contribution < 1.29 is 19.7 Å². The number of likely N-dealkylation sites (tertiary alicyclic amines) is 1. The Bertz CT molecular complexity index is 753. The molecule has 1 aliphatic heterocycles. The lowest BCUT2D eigenvalue weighted by Gasteiger charge is -2.22. The van der Waals surface area contributed by atoms with Gasteiger partial charge in [0.05, 0.1) is 19.3 Å². The lowest BCUT2D eigenvalue weighted by Crippen LogP contribution is -2.29. The van der Waals surface area contributed by atoms with Crippen molar-refractivity contribution in [3.8, 4) is 17.4 Å². The number of phenolic OH excluding ortho intramolecular Hbond substituents is 1. The van der Waals surface area contributed by atoms with Crippen LogP contribution in [0.25, 0.3) is 0 Å². The van der Waals surface area contributed by atoms with Crippen LogP contribution >= 0.6 is 0 Å². The molecule has 0 bridgehead atoms. The molecule has 6 heteroatoms.